The third kappa shape index (κ3) is 1.60. The molecule has 0 saturated carbocycles. The highest BCUT2D eigenvalue weighted by molar-refractivity contribution is 6.17. The van der Waals surface area contributed by atoms with Crippen molar-refractivity contribution in [3.8, 4) is 0 Å². The normalized spacial score (nSPS) is 10.9. The monoisotopic (exact) mass is 234 g/mol. The number of carbonyl (C=O) groups excluding carboxylic acids is 1. The molecule has 0 aliphatic rings. The minimum atomic E-state index is 0.206. The van der Waals surface area contributed by atoms with Crippen LogP contribution in [-0.4, -0.2) is 5.78 Å². The number of ketones is 1. The summed E-state index contributed by atoms with van der Waals surface area (Å²) in [6, 6.07) is 18.4. The lowest BCUT2D eigenvalue weighted by molar-refractivity contribution is 0.0990. The number of Topliss-reactive ketones (excluding diaryl/α,β-unsaturated/α-hetero) is 1. The standard InChI is InChI=1S/C17H14O/c1-2-17(18)16-11-12-7-3-4-8-13(12)14-9-5-6-10-15(14)16/h3-11H,2H2,1H3. The van der Waals surface area contributed by atoms with Crippen molar-refractivity contribution in [2.24, 2.45) is 0 Å². The SMILES string of the molecule is CCC(=O)c1cc2ccccc2c2ccccc12. The van der Waals surface area contributed by atoms with Crippen LogP contribution in [0.3, 0.4) is 0 Å². The first kappa shape index (κ1) is 11.0. The molecule has 0 saturated heterocycles. The fourth-order valence-electron chi connectivity index (χ4n) is 2.48. The van der Waals surface area contributed by atoms with Crippen LogP contribution in [0.25, 0.3) is 21.5 Å². The van der Waals surface area contributed by atoms with Crippen molar-refractivity contribution in [3.05, 3.63) is 60.2 Å². The van der Waals surface area contributed by atoms with Crippen LogP contribution in [0.15, 0.2) is 54.6 Å². The van der Waals surface area contributed by atoms with Gasteiger partial charge in [-0.15, -0.1) is 0 Å². The Morgan fingerprint density at radius 1 is 0.889 bits per heavy atom. The van der Waals surface area contributed by atoms with Crippen molar-refractivity contribution in [3.63, 3.8) is 0 Å². The predicted molar refractivity (Wildman–Crippen MR) is 76.1 cm³/mol. The lowest BCUT2D eigenvalue weighted by Crippen LogP contribution is -1.98. The van der Waals surface area contributed by atoms with Crippen LogP contribution in [0.5, 0.6) is 0 Å². The molecule has 0 unspecified atom stereocenters. The Bertz CT molecular complexity index is 741. The molecule has 0 N–H and O–H groups in total. The fraction of sp³-hybridized carbons (Fsp3) is 0.118. The zero-order valence-electron chi connectivity index (χ0n) is 10.3. The third-order valence-electron chi connectivity index (χ3n) is 3.39. The molecule has 1 nitrogen and oxygen atoms in total. The van der Waals surface area contributed by atoms with Crippen molar-refractivity contribution in [2.45, 2.75) is 13.3 Å². The van der Waals surface area contributed by atoms with Gasteiger partial charge in [0.1, 0.15) is 0 Å². The molecular formula is C17H14O. The van der Waals surface area contributed by atoms with Gasteiger partial charge in [-0.3, -0.25) is 4.79 Å². The van der Waals surface area contributed by atoms with Crippen LogP contribution in [0.1, 0.15) is 23.7 Å². The maximum absolute atomic E-state index is 12.1. The summed E-state index contributed by atoms with van der Waals surface area (Å²) in [6.07, 6.45) is 0.544. The molecular weight excluding hydrogens is 220 g/mol. The van der Waals surface area contributed by atoms with E-state index in [1.807, 2.05) is 43.3 Å². The van der Waals surface area contributed by atoms with Gasteiger partial charge in [0.25, 0.3) is 0 Å². The van der Waals surface area contributed by atoms with Crippen molar-refractivity contribution >= 4 is 27.3 Å². The molecule has 3 aromatic carbocycles. The van der Waals surface area contributed by atoms with E-state index in [2.05, 4.69) is 18.2 Å². The summed E-state index contributed by atoms with van der Waals surface area (Å²) in [7, 11) is 0. The smallest absolute Gasteiger partial charge is 0.163 e. The highest BCUT2D eigenvalue weighted by Gasteiger charge is 2.10. The Morgan fingerprint density at radius 2 is 1.50 bits per heavy atom. The molecule has 0 atom stereocenters. The molecule has 0 spiro atoms. The average Bonchev–Trinajstić information content (AvgIpc) is 2.45. The summed E-state index contributed by atoms with van der Waals surface area (Å²) >= 11 is 0. The Balaban J connectivity index is 2.50. The first-order valence-electron chi connectivity index (χ1n) is 6.25. The molecule has 0 radical (unpaired) electrons. The number of hydrogen-bond donors (Lipinski definition) is 0. The van der Waals surface area contributed by atoms with Crippen LogP contribution in [0.4, 0.5) is 0 Å². The van der Waals surface area contributed by atoms with Crippen LogP contribution in [0, 0.1) is 0 Å². The topological polar surface area (TPSA) is 17.1 Å². The van der Waals surface area contributed by atoms with Gasteiger partial charge < -0.3 is 0 Å². The Morgan fingerprint density at radius 3 is 2.22 bits per heavy atom. The molecule has 0 amide bonds. The lowest BCUT2D eigenvalue weighted by atomic mass is 9.94. The molecule has 0 heterocycles. The van der Waals surface area contributed by atoms with E-state index in [1.54, 1.807) is 0 Å². The second-order valence-electron chi connectivity index (χ2n) is 4.47. The molecule has 0 aromatic heterocycles. The summed E-state index contributed by atoms with van der Waals surface area (Å²) in [5.74, 6) is 0.206. The minimum Gasteiger partial charge on any atom is -0.294 e. The van der Waals surface area contributed by atoms with E-state index in [9.17, 15) is 4.79 Å². The number of fused-ring (bicyclic) bond motifs is 3. The number of benzene rings is 3. The fourth-order valence-corrected chi connectivity index (χ4v) is 2.48. The first-order valence-corrected chi connectivity index (χ1v) is 6.25. The zero-order valence-corrected chi connectivity index (χ0v) is 10.3. The first-order chi connectivity index (χ1) is 8.81. The van der Waals surface area contributed by atoms with E-state index >= 15 is 0 Å². The molecule has 3 aromatic rings. The summed E-state index contributed by atoms with van der Waals surface area (Å²) in [5.41, 5.74) is 0.840. The molecule has 3 rings (SSSR count). The van der Waals surface area contributed by atoms with Gasteiger partial charge in [0.15, 0.2) is 5.78 Å². The van der Waals surface area contributed by atoms with Crippen molar-refractivity contribution in [1.82, 2.24) is 0 Å². The number of rotatable bonds is 2. The Kier molecular flexibility index (Phi) is 2.60. The van der Waals surface area contributed by atoms with Gasteiger partial charge >= 0.3 is 0 Å². The van der Waals surface area contributed by atoms with Crippen LogP contribution < -0.4 is 0 Å². The predicted octanol–water partition coefficient (Wildman–Crippen LogP) is 4.59. The molecule has 1 heteroatoms. The van der Waals surface area contributed by atoms with E-state index in [1.165, 1.54) is 5.39 Å². The second kappa shape index (κ2) is 4.26. The minimum absolute atomic E-state index is 0.206. The summed E-state index contributed by atoms with van der Waals surface area (Å²) < 4.78 is 0. The van der Waals surface area contributed by atoms with Gasteiger partial charge in [-0.2, -0.15) is 0 Å². The van der Waals surface area contributed by atoms with Gasteiger partial charge in [0.05, 0.1) is 0 Å². The summed E-state index contributed by atoms with van der Waals surface area (Å²) in [6.45, 7) is 1.91. The summed E-state index contributed by atoms with van der Waals surface area (Å²) in [5, 5.41) is 4.56. The maximum atomic E-state index is 12.1. The molecule has 88 valence electrons. The number of carbonyl (C=O) groups is 1. The van der Waals surface area contributed by atoms with E-state index in [4.69, 9.17) is 0 Å². The highest BCUT2D eigenvalue weighted by atomic mass is 16.1. The van der Waals surface area contributed by atoms with Gasteiger partial charge in [0.2, 0.25) is 0 Å². The molecule has 0 fully saturated rings. The largest absolute Gasteiger partial charge is 0.294 e. The number of hydrogen-bond acceptors (Lipinski definition) is 1. The molecule has 18 heavy (non-hydrogen) atoms. The molecule has 0 bridgehead atoms. The van der Waals surface area contributed by atoms with Gasteiger partial charge in [0, 0.05) is 12.0 Å². The van der Waals surface area contributed by atoms with Crippen molar-refractivity contribution < 1.29 is 4.79 Å². The maximum Gasteiger partial charge on any atom is 0.163 e. The molecule has 0 aliphatic heterocycles. The summed E-state index contributed by atoms with van der Waals surface area (Å²) in [4.78, 5) is 12.1. The van der Waals surface area contributed by atoms with Crippen molar-refractivity contribution in [2.75, 3.05) is 0 Å². The van der Waals surface area contributed by atoms with E-state index in [0.29, 0.717) is 6.42 Å². The Hall–Kier alpha value is -2.15. The second-order valence-corrected chi connectivity index (χ2v) is 4.47. The van der Waals surface area contributed by atoms with Gasteiger partial charge in [-0.1, -0.05) is 55.5 Å². The Labute approximate surface area is 106 Å². The van der Waals surface area contributed by atoms with Crippen LogP contribution in [0.2, 0.25) is 0 Å². The van der Waals surface area contributed by atoms with Crippen LogP contribution in [-0.2, 0) is 0 Å². The zero-order chi connectivity index (χ0) is 12.5. The highest BCUT2D eigenvalue weighted by Crippen LogP contribution is 2.29. The van der Waals surface area contributed by atoms with Gasteiger partial charge in [-0.25, -0.2) is 0 Å². The van der Waals surface area contributed by atoms with Crippen LogP contribution >= 0.6 is 0 Å². The quantitative estimate of drug-likeness (QED) is 0.468. The molecule has 0 aliphatic carbocycles. The van der Waals surface area contributed by atoms with Crippen molar-refractivity contribution in [1.29, 1.82) is 0 Å². The van der Waals surface area contributed by atoms with Gasteiger partial charge in [-0.05, 0) is 27.6 Å². The third-order valence-corrected chi connectivity index (χ3v) is 3.39. The van der Waals surface area contributed by atoms with E-state index < -0.39 is 0 Å². The lowest BCUT2D eigenvalue weighted by Gasteiger charge is -2.08. The van der Waals surface area contributed by atoms with E-state index in [-0.39, 0.29) is 5.78 Å². The van der Waals surface area contributed by atoms with E-state index in [0.717, 1.165) is 21.7 Å². The average molecular weight is 234 g/mol.